The number of hydrogen-bond acceptors (Lipinski definition) is 2. The molecule has 2 rings (SSSR count). The molecule has 1 aliphatic rings. The zero-order valence-electron chi connectivity index (χ0n) is 11.5. The fraction of sp³-hybridized carbons (Fsp3) is 0.625. The average molecular weight is 343 g/mol. The molecule has 1 atom stereocenters. The van der Waals surface area contributed by atoms with Gasteiger partial charge in [0.1, 0.15) is 0 Å². The van der Waals surface area contributed by atoms with E-state index in [9.17, 15) is 5.11 Å². The summed E-state index contributed by atoms with van der Waals surface area (Å²) in [5.41, 5.74) is 0. The largest absolute Gasteiger partial charge is 0.392 e. The molecule has 0 saturated heterocycles. The van der Waals surface area contributed by atoms with Crippen LogP contribution in [0, 0.1) is 11.8 Å². The molecule has 0 amide bonds. The second-order valence-electron chi connectivity index (χ2n) is 5.52. The Balaban J connectivity index is 1.77. The summed E-state index contributed by atoms with van der Waals surface area (Å²) in [5, 5.41) is 10.3. The van der Waals surface area contributed by atoms with E-state index in [1.165, 1.54) is 37.0 Å². The quantitative estimate of drug-likeness (QED) is 0.749. The summed E-state index contributed by atoms with van der Waals surface area (Å²) >= 11 is 5.25. The number of aliphatic hydroxyl groups excluding tert-OH is 1. The molecule has 1 aromatic rings. The number of thioether (sulfide) groups is 1. The molecule has 106 valence electrons. The molecule has 1 N–H and O–H groups in total. The molecule has 1 unspecified atom stereocenters. The van der Waals surface area contributed by atoms with Crippen LogP contribution in [0.1, 0.15) is 39.0 Å². The first-order valence-corrected chi connectivity index (χ1v) is 9.03. The predicted molar refractivity (Wildman–Crippen MR) is 86.6 cm³/mol. The molecule has 0 bridgehead atoms. The number of benzene rings is 1. The highest BCUT2D eigenvalue weighted by atomic mass is 79.9. The second kappa shape index (κ2) is 7.70. The molecule has 0 radical (unpaired) electrons. The van der Waals surface area contributed by atoms with E-state index in [0.29, 0.717) is 5.92 Å². The summed E-state index contributed by atoms with van der Waals surface area (Å²) in [6.07, 6.45) is 6.17. The van der Waals surface area contributed by atoms with E-state index in [1.807, 2.05) is 12.1 Å². The van der Waals surface area contributed by atoms with Crippen LogP contribution in [0.3, 0.4) is 0 Å². The average Bonchev–Trinajstić information content (AvgIpc) is 2.45. The molecule has 1 nitrogen and oxygen atoms in total. The van der Waals surface area contributed by atoms with Crippen molar-refractivity contribution >= 4 is 27.7 Å². The topological polar surface area (TPSA) is 20.2 Å². The Bertz CT molecular complexity index is 388. The predicted octanol–water partition coefficient (Wildman–Crippen LogP) is 5.12. The molecule has 0 aliphatic heterocycles. The van der Waals surface area contributed by atoms with Crippen LogP contribution in [0.4, 0.5) is 0 Å². The highest BCUT2D eigenvalue weighted by Crippen LogP contribution is 2.34. The Labute approximate surface area is 129 Å². The van der Waals surface area contributed by atoms with Crippen LogP contribution in [-0.2, 0) is 0 Å². The van der Waals surface area contributed by atoms with Crippen LogP contribution in [0.2, 0.25) is 0 Å². The maximum atomic E-state index is 10.3. The molecule has 1 aliphatic carbocycles. The summed E-state index contributed by atoms with van der Waals surface area (Å²) in [6, 6.07) is 8.30. The van der Waals surface area contributed by atoms with Gasteiger partial charge in [0, 0.05) is 15.1 Å². The van der Waals surface area contributed by atoms with Gasteiger partial charge in [-0.05, 0) is 42.9 Å². The van der Waals surface area contributed by atoms with Crippen molar-refractivity contribution in [2.75, 3.05) is 5.75 Å². The third kappa shape index (κ3) is 4.80. The fourth-order valence-electron chi connectivity index (χ4n) is 2.86. The van der Waals surface area contributed by atoms with Crippen molar-refractivity contribution in [3.8, 4) is 0 Å². The first kappa shape index (κ1) is 15.4. The van der Waals surface area contributed by atoms with Gasteiger partial charge >= 0.3 is 0 Å². The molecule has 1 saturated carbocycles. The lowest BCUT2D eigenvalue weighted by Crippen LogP contribution is -2.27. The van der Waals surface area contributed by atoms with Gasteiger partial charge in [0.2, 0.25) is 0 Å². The lowest BCUT2D eigenvalue weighted by molar-refractivity contribution is 0.0916. The van der Waals surface area contributed by atoms with Crippen LogP contribution in [0.25, 0.3) is 0 Å². The third-order valence-corrected chi connectivity index (χ3v) is 5.82. The second-order valence-corrected chi connectivity index (χ2v) is 7.53. The van der Waals surface area contributed by atoms with Crippen molar-refractivity contribution in [2.45, 2.75) is 50.0 Å². The Morgan fingerprint density at radius 1 is 1.32 bits per heavy atom. The maximum absolute atomic E-state index is 10.3. The Kier molecular flexibility index (Phi) is 6.24. The van der Waals surface area contributed by atoms with E-state index in [2.05, 4.69) is 35.0 Å². The third-order valence-electron chi connectivity index (χ3n) is 4.23. The lowest BCUT2D eigenvalue weighted by atomic mass is 9.79. The SMILES string of the molecule is CCC1CCC(C(O)CSc2cccc(Br)c2)CC1. The number of rotatable bonds is 5. The van der Waals surface area contributed by atoms with Crippen LogP contribution in [0.15, 0.2) is 33.6 Å². The van der Waals surface area contributed by atoms with Gasteiger partial charge in [-0.25, -0.2) is 0 Å². The smallest absolute Gasteiger partial charge is 0.0662 e. The summed E-state index contributed by atoms with van der Waals surface area (Å²) in [7, 11) is 0. The summed E-state index contributed by atoms with van der Waals surface area (Å²) in [5.74, 6) is 2.24. The number of aliphatic hydroxyl groups is 1. The summed E-state index contributed by atoms with van der Waals surface area (Å²) in [4.78, 5) is 1.23. The maximum Gasteiger partial charge on any atom is 0.0662 e. The van der Waals surface area contributed by atoms with Crippen LogP contribution in [0.5, 0.6) is 0 Å². The molecular weight excluding hydrogens is 320 g/mol. The molecule has 0 aromatic heterocycles. The molecule has 19 heavy (non-hydrogen) atoms. The Morgan fingerprint density at radius 2 is 2.05 bits per heavy atom. The van der Waals surface area contributed by atoms with E-state index in [4.69, 9.17) is 0 Å². The normalized spacial score (nSPS) is 25.2. The van der Waals surface area contributed by atoms with Gasteiger partial charge in [0.15, 0.2) is 0 Å². The monoisotopic (exact) mass is 342 g/mol. The standard InChI is InChI=1S/C16H23BrOS/c1-2-12-6-8-13(9-7-12)16(18)11-19-15-5-3-4-14(17)10-15/h3-5,10,12-13,16,18H,2,6-9,11H2,1H3. The Hall–Kier alpha value is 0.01000. The van der Waals surface area contributed by atoms with E-state index < -0.39 is 0 Å². The highest BCUT2D eigenvalue weighted by molar-refractivity contribution is 9.10. The number of hydrogen-bond donors (Lipinski definition) is 1. The van der Waals surface area contributed by atoms with Crippen LogP contribution < -0.4 is 0 Å². The highest BCUT2D eigenvalue weighted by Gasteiger charge is 2.25. The number of halogens is 1. The van der Waals surface area contributed by atoms with Crippen molar-refractivity contribution in [3.63, 3.8) is 0 Å². The van der Waals surface area contributed by atoms with E-state index in [-0.39, 0.29) is 6.10 Å². The minimum Gasteiger partial charge on any atom is -0.392 e. The van der Waals surface area contributed by atoms with E-state index in [0.717, 1.165) is 16.1 Å². The van der Waals surface area contributed by atoms with Gasteiger partial charge in [0.25, 0.3) is 0 Å². The molecular formula is C16H23BrOS. The van der Waals surface area contributed by atoms with Gasteiger partial charge in [-0.3, -0.25) is 0 Å². The van der Waals surface area contributed by atoms with Gasteiger partial charge in [-0.15, -0.1) is 11.8 Å². The molecule has 0 spiro atoms. The van der Waals surface area contributed by atoms with Crippen molar-refractivity contribution < 1.29 is 5.11 Å². The van der Waals surface area contributed by atoms with Gasteiger partial charge in [-0.2, -0.15) is 0 Å². The van der Waals surface area contributed by atoms with Gasteiger partial charge in [0.05, 0.1) is 6.10 Å². The molecule has 1 aromatic carbocycles. The zero-order chi connectivity index (χ0) is 13.7. The van der Waals surface area contributed by atoms with Crippen LogP contribution >= 0.6 is 27.7 Å². The van der Waals surface area contributed by atoms with Gasteiger partial charge < -0.3 is 5.11 Å². The minimum absolute atomic E-state index is 0.151. The first-order valence-electron chi connectivity index (χ1n) is 7.25. The van der Waals surface area contributed by atoms with Crippen molar-refractivity contribution in [1.82, 2.24) is 0 Å². The minimum atomic E-state index is -0.151. The molecule has 1 fully saturated rings. The summed E-state index contributed by atoms with van der Waals surface area (Å²) in [6.45, 7) is 2.28. The van der Waals surface area contributed by atoms with Gasteiger partial charge in [-0.1, -0.05) is 48.2 Å². The first-order chi connectivity index (χ1) is 9.19. The van der Waals surface area contributed by atoms with E-state index in [1.54, 1.807) is 11.8 Å². The van der Waals surface area contributed by atoms with Crippen molar-refractivity contribution in [2.24, 2.45) is 11.8 Å². The molecule has 3 heteroatoms. The van der Waals surface area contributed by atoms with Crippen molar-refractivity contribution in [1.29, 1.82) is 0 Å². The van der Waals surface area contributed by atoms with Crippen LogP contribution in [-0.4, -0.2) is 17.0 Å². The Morgan fingerprint density at radius 3 is 2.68 bits per heavy atom. The lowest BCUT2D eigenvalue weighted by Gasteiger charge is -2.30. The van der Waals surface area contributed by atoms with E-state index >= 15 is 0 Å². The van der Waals surface area contributed by atoms with Crippen molar-refractivity contribution in [3.05, 3.63) is 28.7 Å². The summed E-state index contributed by atoms with van der Waals surface area (Å²) < 4.78 is 1.11. The fourth-order valence-corrected chi connectivity index (χ4v) is 4.43. The zero-order valence-corrected chi connectivity index (χ0v) is 13.9. The molecule has 0 heterocycles.